The van der Waals surface area contributed by atoms with Crippen LogP contribution in [0.5, 0.6) is 11.5 Å². The lowest BCUT2D eigenvalue weighted by atomic mass is 10.0. The third-order valence-corrected chi connectivity index (χ3v) is 3.24. The molecular weight excluding hydrogens is 259 g/mol. The van der Waals surface area contributed by atoms with E-state index in [2.05, 4.69) is 0 Å². The molecule has 0 N–H and O–H groups in total. The highest BCUT2D eigenvalue weighted by Gasteiger charge is 2.16. The first-order valence-electron chi connectivity index (χ1n) is 6.35. The number of hydrogen-bond donors (Lipinski definition) is 0. The molecule has 1 heterocycles. The summed E-state index contributed by atoms with van der Waals surface area (Å²) >= 11 is 0. The number of rotatable bonds is 2. The molecule has 3 rings (SSSR count). The highest BCUT2D eigenvalue weighted by Crippen LogP contribution is 2.31. The Morgan fingerprint density at radius 2 is 1.65 bits per heavy atom. The van der Waals surface area contributed by atoms with Crippen LogP contribution in [0.3, 0.4) is 0 Å². The Balaban J connectivity index is 1.95. The van der Waals surface area contributed by atoms with E-state index < -0.39 is 0 Å². The number of ether oxygens (including phenoxy) is 2. The number of hydrogen-bond acceptors (Lipinski definition) is 3. The zero-order valence-electron chi connectivity index (χ0n) is 11.0. The van der Waals surface area contributed by atoms with Gasteiger partial charge in [-0.25, -0.2) is 4.39 Å². The molecule has 0 aromatic heterocycles. The number of carbonyl (C=O) groups excluding carboxylic acids is 1. The van der Waals surface area contributed by atoms with Crippen LogP contribution in [0.25, 0.3) is 0 Å². The molecule has 0 atom stereocenters. The molecular formula is C16H13FO3. The van der Waals surface area contributed by atoms with E-state index in [9.17, 15) is 9.18 Å². The highest BCUT2D eigenvalue weighted by molar-refractivity contribution is 6.09. The van der Waals surface area contributed by atoms with Crippen molar-refractivity contribution in [3.05, 3.63) is 58.9 Å². The summed E-state index contributed by atoms with van der Waals surface area (Å²) < 4.78 is 24.4. The molecule has 4 heteroatoms. The Bertz CT molecular complexity index is 679. The zero-order valence-corrected chi connectivity index (χ0v) is 11.0. The molecule has 102 valence electrons. The minimum absolute atomic E-state index is 0.235. The molecule has 2 aromatic carbocycles. The maximum atomic E-state index is 13.5. The third kappa shape index (κ3) is 2.25. The molecule has 0 fully saturated rings. The second-order valence-corrected chi connectivity index (χ2v) is 4.65. The van der Waals surface area contributed by atoms with Gasteiger partial charge in [0.05, 0.1) is 0 Å². The van der Waals surface area contributed by atoms with E-state index in [-0.39, 0.29) is 11.6 Å². The van der Waals surface area contributed by atoms with Gasteiger partial charge in [0.25, 0.3) is 0 Å². The first-order valence-corrected chi connectivity index (χ1v) is 6.35. The predicted octanol–water partition coefficient (Wildman–Crippen LogP) is 3.14. The lowest BCUT2D eigenvalue weighted by Gasteiger charge is -2.18. The predicted molar refractivity (Wildman–Crippen MR) is 72.0 cm³/mol. The van der Waals surface area contributed by atoms with Crippen molar-refractivity contribution in [2.45, 2.75) is 6.92 Å². The number of benzene rings is 2. The van der Waals surface area contributed by atoms with Crippen LogP contribution in [0.15, 0.2) is 36.4 Å². The first-order chi connectivity index (χ1) is 9.65. The summed E-state index contributed by atoms with van der Waals surface area (Å²) in [5, 5.41) is 0. The van der Waals surface area contributed by atoms with Crippen molar-refractivity contribution >= 4 is 5.78 Å². The maximum absolute atomic E-state index is 13.5. The van der Waals surface area contributed by atoms with Crippen molar-refractivity contribution in [1.82, 2.24) is 0 Å². The molecule has 0 amide bonds. The topological polar surface area (TPSA) is 35.5 Å². The van der Waals surface area contributed by atoms with Crippen molar-refractivity contribution in [2.75, 3.05) is 13.2 Å². The molecule has 0 aliphatic carbocycles. The molecule has 0 radical (unpaired) electrons. The zero-order chi connectivity index (χ0) is 14.1. The number of ketones is 1. The van der Waals surface area contributed by atoms with Crippen molar-refractivity contribution < 1.29 is 18.7 Å². The fraction of sp³-hybridized carbons (Fsp3) is 0.188. The van der Waals surface area contributed by atoms with Crippen molar-refractivity contribution in [1.29, 1.82) is 0 Å². The van der Waals surface area contributed by atoms with Crippen LogP contribution in [0.2, 0.25) is 0 Å². The summed E-state index contributed by atoms with van der Waals surface area (Å²) in [5.41, 5.74) is 1.30. The van der Waals surface area contributed by atoms with E-state index in [4.69, 9.17) is 9.47 Å². The number of halogens is 1. The molecule has 0 unspecified atom stereocenters. The van der Waals surface area contributed by atoms with E-state index in [1.165, 1.54) is 6.07 Å². The van der Waals surface area contributed by atoms with Gasteiger partial charge in [-0.3, -0.25) is 4.79 Å². The van der Waals surface area contributed by atoms with Crippen LogP contribution in [-0.4, -0.2) is 19.0 Å². The van der Waals surface area contributed by atoms with Crippen molar-refractivity contribution in [3.63, 3.8) is 0 Å². The third-order valence-electron chi connectivity index (χ3n) is 3.24. The molecule has 0 bridgehead atoms. The summed E-state index contributed by atoms with van der Waals surface area (Å²) in [4.78, 5) is 12.3. The fourth-order valence-corrected chi connectivity index (χ4v) is 2.09. The van der Waals surface area contributed by atoms with E-state index in [0.29, 0.717) is 41.4 Å². The molecule has 1 aliphatic rings. The smallest absolute Gasteiger partial charge is 0.193 e. The van der Waals surface area contributed by atoms with Gasteiger partial charge >= 0.3 is 0 Å². The Hall–Kier alpha value is -2.36. The van der Waals surface area contributed by atoms with Crippen LogP contribution in [-0.2, 0) is 0 Å². The Morgan fingerprint density at radius 1 is 1.00 bits per heavy atom. The van der Waals surface area contributed by atoms with Gasteiger partial charge in [0.1, 0.15) is 19.0 Å². The van der Waals surface area contributed by atoms with E-state index in [1.54, 1.807) is 37.3 Å². The van der Waals surface area contributed by atoms with E-state index in [0.717, 1.165) is 0 Å². The molecule has 20 heavy (non-hydrogen) atoms. The highest BCUT2D eigenvalue weighted by atomic mass is 19.1. The molecule has 0 saturated heterocycles. The van der Waals surface area contributed by atoms with Crippen LogP contribution < -0.4 is 9.47 Å². The van der Waals surface area contributed by atoms with Crippen molar-refractivity contribution in [3.8, 4) is 11.5 Å². The number of fused-ring (bicyclic) bond motifs is 1. The molecule has 2 aromatic rings. The molecule has 0 saturated carbocycles. The fourth-order valence-electron chi connectivity index (χ4n) is 2.09. The van der Waals surface area contributed by atoms with Crippen LogP contribution in [0, 0.1) is 12.7 Å². The summed E-state index contributed by atoms with van der Waals surface area (Å²) in [6.45, 7) is 2.63. The first kappa shape index (κ1) is 12.7. The summed E-state index contributed by atoms with van der Waals surface area (Å²) in [6, 6.07) is 9.47. The summed E-state index contributed by atoms with van der Waals surface area (Å²) in [6.07, 6.45) is 0. The van der Waals surface area contributed by atoms with Gasteiger partial charge in [0, 0.05) is 11.1 Å². The van der Waals surface area contributed by atoms with Gasteiger partial charge in [-0.2, -0.15) is 0 Å². The standard InChI is InChI=1S/C16H13FO3/c1-10-2-3-11(8-13(10)17)16(18)12-4-5-14-15(9-12)20-7-6-19-14/h2-5,8-9H,6-7H2,1H3. The Labute approximate surface area is 115 Å². The van der Waals surface area contributed by atoms with Crippen LogP contribution in [0.4, 0.5) is 4.39 Å². The van der Waals surface area contributed by atoms with E-state index in [1.807, 2.05) is 0 Å². The van der Waals surface area contributed by atoms with Crippen LogP contribution in [0.1, 0.15) is 21.5 Å². The summed E-state index contributed by atoms with van der Waals surface area (Å²) in [7, 11) is 0. The SMILES string of the molecule is Cc1ccc(C(=O)c2ccc3c(c2)OCCO3)cc1F. The lowest BCUT2D eigenvalue weighted by Crippen LogP contribution is -2.16. The molecule has 3 nitrogen and oxygen atoms in total. The Morgan fingerprint density at radius 3 is 2.40 bits per heavy atom. The van der Waals surface area contributed by atoms with Gasteiger partial charge in [-0.15, -0.1) is 0 Å². The monoisotopic (exact) mass is 272 g/mol. The van der Waals surface area contributed by atoms with Gasteiger partial charge < -0.3 is 9.47 Å². The Kier molecular flexibility index (Phi) is 3.14. The van der Waals surface area contributed by atoms with Gasteiger partial charge in [0.2, 0.25) is 0 Å². The van der Waals surface area contributed by atoms with Gasteiger partial charge in [-0.05, 0) is 36.8 Å². The normalized spacial score (nSPS) is 13.1. The quantitative estimate of drug-likeness (QED) is 0.788. The minimum Gasteiger partial charge on any atom is -0.486 e. The van der Waals surface area contributed by atoms with Crippen LogP contribution >= 0.6 is 0 Å². The summed E-state index contributed by atoms with van der Waals surface area (Å²) in [5.74, 6) is 0.562. The average Bonchev–Trinajstić information content (AvgIpc) is 2.49. The second kappa shape index (κ2) is 4.96. The van der Waals surface area contributed by atoms with Crippen molar-refractivity contribution in [2.24, 2.45) is 0 Å². The average molecular weight is 272 g/mol. The van der Waals surface area contributed by atoms with Gasteiger partial charge in [-0.1, -0.05) is 12.1 Å². The lowest BCUT2D eigenvalue weighted by molar-refractivity contribution is 0.103. The second-order valence-electron chi connectivity index (χ2n) is 4.65. The number of carbonyl (C=O) groups is 1. The largest absolute Gasteiger partial charge is 0.486 e. The van der Waals surface area contributed by atoms with E-state index >= 15 is 0 Å². The minimum atomic E-state index is -0.381. The maximum Gasteiger partial charge on any atom is 0.193 e. The number of aryl methyl sites for hydroxylation is 1. The van der Waals surface area contributed by atoms with Gasteiger partial charge in [0.15, 0.2) is 17.3 Å². The molecule has 0 spiro atoms. The molecule has 1 aliphatic heterocycles.